The van der Waals surface area contributed by atoms with Crippen LogP contribution in [0.5, 0.6) is 0 Å². The Morgan fingerprint density at radius 2 is 1.00 bits per heavy atom. The number of pyridine rings is 1. The van der Waals surface area contributed by atoms with E-state index in [-0.39, 0.29) is 10.8 Å². The zero-order chi connectivity index (χ0) is 27.6. The molecule has 1 aromatic heterocycles. The molecule has 2 heteroatoms. The van der Waals surface area contributed by atoms with Crippen molar-refractivity contribution >= 4 is 17.1 Å². The first kappa shape index (κ1) is 26.4. The second kappa shape index (κ2) is 10.5. The van der Waals surface area contributed by atoms with Gasteiger partial charge in [0.2, 0.25) is 0 Å². The molecule has 4 aromatic carbocycles. The van der Waals surface area contributed by atoms with E-state index in [1.807, 2.05) is 18.3 Å². The summed E-state index contributed by atoms with van der Waals surface area (Å²) in [6, 6.07) is 41.3. The van der Waals surface area contributed by atoms with Crippen LogP contribution in [0, 0.1) is 0 Å². The average molecular weight is 511 g/mol. The number of rotatable bonds is 5. The van der Waals surface area contributed by atoms with Gasteiger partial charge in [-0.05, 0) is 81.6 Å². The van der Waals surface area contributed by atoms with Crippen molar-refractivity contribution in [1.29, 1.82) is 0 Å². The first-order valence-electron chi connectivity index (χ1n) is 13.7. The lowest BCUT2D eigenvalue weighted by atomic mass is 9.80. The van der Waals surface area contributed by atoms with Gasteiger partial charge in [-0.25, -0.2) is 0 Å². The van der Waals surface area contributed by atoms with Gasteiger partial charge >= 0.3 is 0 Å². The van der Waals surface area contributed by atoms with Crippen molar-refractivity contribution in [3.63, 3.8) is 0 Å². The summed E-state index contributed by atoms with van der Waals surface area (Å²) in [5.74, 6) is 0. The topological polar surface area (TPSA) is 16.1 Å². The first-order chi connectivity index (χ1) is 18.6. The number of anilines is 3. The van der Waals surface area contributed by atoms with Crippen molar-refractivity contribution < 1.29 is 0 Å². The Hall–Kier alpha value is -4.17. The van der Waals surface area contributed by atoms with E-state index in [9.17, 15) is 0 Å². The highest BCUT2D eigenvalue weighted by atomic mass is 15.1. The molecular weight excluding hydrogens is 472 g/mol. The Bertz CT molecular complexity index is 1440. The van der Waals surface area contributed by atoms with Gasteiger partial charge in [-0.1, -0.05) is 108 Å². The van der Waals surface area contributed by atoms with Gasteiger partial charge in [0.05, 0.1) is 5.69 Å². The maximum absolute atomic E-state index is 4.62. The van der Waals surface area contributed by atoms with Crippen LogP contribution < -0.4 is 4.90 Å². The number of hydrogen-bond donors (Lipinski definition) is 0. The molecular formula is C37H38N2. The fourth-order valence-corrected chi connectivity index (χ4v) is 4.85. The molecule has 0 aliphatic carbocycles. The van der Waals surface area contributed by atoms with Crippen molar-refractivity contribution in [3.8, 4) is 22.4 Å². The highest BCUT2D eigenvalue weighted by Gasteiger charge is 2.23. The quantitative estimate of drug-likeness (QED) is 0.234. The number of aromatic nitrogens is 1. The summed E-state index contributed by atoms with van der Waals surface area (Å²) >= 11 is 0. The fraction of sp³-hybridized carbons (Fsp3) is 0.216. The van der Waals surface area contributed by atoms with Gasteiger partial charge in [-0.3, -0.25) is 4.98 Å². The molecule has 0 bridgehead atoms. The molecule has 0 spiro atoms. The molecule has 0 fully saturated rings. The zero-order valence-corrected chi connectivity index (χ0v) is 23.9. The Morgan fingerprint density at radius 3 is 1.56 bits per heavy atom. The van der Waals surface area contributed by atoms with E-state index in [1.54, 1.807) is 0 Å². The molecule has 0 N–H and O–H groups in total. The summed E-state index contributed by atoms with van der Waals surface area (Å²) in [6.45, 7) is 13.8. The van der Waals surface area contributed by atoms with E-state index in [0.717, 1.165) is 28.3 Å². The van der Waals surface area contributed by atoms with Crippen molar-refractivity contribution in [1.82, 2.24) is 4.98 Å². The van der Waals surface area contributed by atoms with Crippen LogP contribution in [0.2, 0.25) is 0 Å². The lowest BCUT2D eigenvalue weighted by molar-refractivity contribution is 0.569. The number of hydrogen-bond acceptors (Lipinski definition) is 2. The molecule has 5 aromatic rings. The molecule has 2 nitrogen and oxygen atoms in total. The molecule has 39 heavy (non-hydrogen) atoms. The van der Waals surface area contributed by atoms with Crippen LogP contribution >= 0.6 is 0 Å². The lowest BCUT2D eigenvalue weighted by Crippen LogP contribution is -2.19. The standard InChI is InChI=1S/C37H38N2/c1-36(2,3)30-24-31(37(4,5)6)26-34(25-30)39(32-18-12-16-28(22-32)27-14-8-7-9-15-27)33-19-13-17-29(23-33)35-20-10-11-21-38-35/h7-26H,1-6H3. The summed E-state index contributed by atoms with van der Waals surface area (Å²) in [7, 11) is 0. The summed E-state index contributed by atoms with van der Waals surface area (Å²) in [5, 5.41) is 0. The largest absolute Gasteiger partial charge is 0.310 e. The third-order valence-corrected chi connectivity index (χ3v) is 7.18. The molecule has 0 saturated heterocycles. The molecule has 0 amide bonds. The second-order valence-corrected chi connectivity index (χ2v) is 12.3. The highest BCUT2D eigenvalue weighted by molar-refractivity contribution is 5.82. The van der Waals surface area contributed by atoms with Crippen molar-refractivity contribution in [2.45, 2.75) is 52.4 Å². The van der Waals surface area contributed by atoms with Gasteiger partial charge in [0.1, 0.15) is 0 Å². The van der Waals surface area contributed by atoms with E-state index in [4.69, 9.17) is 0 Å². The normalized spacial score (nSPS) is 11.8. The van der Waals surface area contributed by atoms with Crippen LogP contribution in [0.15, 0.2) is 121 Å². The summed E-state index contributed by atoms with van der Waals surface area (Å²) in [6.07, 6.45) is 1.85. The van der Waals surface area contributed by atoms with Crippen molar-refractivity contribution in [3.05, 3.63) is 133 Å². The summed E-state index contributed by atoms with van der Waals surface area (Å²) in [5.41, 5.74) is 10.6. The van der Waals surface area contributed by atoms with E-state index >= 15 is 0 Å². The van der Waals surface area contributed by atoms with E-state index in [0.29, 0.717) is 0 Å². The van der Waals surface area contributed by atoms with Gasteiger partial charge in [-0.15, -0.1) is 0 Å². The van der Waals surface area contributed by atoms with Crippen LogP contribution in [0.25, 0.3) is 22.4 Å². The Labute approximate surface area is 234 Å². The fourth-order valence-electron chi connectivity index (χ4n) is 4.85. The molecule has 5 rings (SSSR count). The van der Waals surface area contributed by atoms with Crippen LogP contribution in [0.1, 0.15) is 52.7 Å². The van der Waals surface area contributed by atoms with Crippen LogP contribution in [0.4, 0.5) is 17.1 Å². The average Bonchev–Trinajstić information content (AvgIpc) is 2.93. The minimum atomic E-state index is 0.0172. The van der Waals surface area contributed by atoms with Gasteiger partial charge < -0.3 is 4.90 Å². The van der Waals surface area contributed by atoms with E-state index in [1.165, 1.54) is 22.3 Å². The maximum Gasteiger partial charge on any atom is 0.0702 e. The zero-order valence-electron chi connectivity index (χ0n) is 23.9. The van der Waals surface area contributed by atoms with Crippen molar-refractivity contribution in [2.75, 3.05) is 4.90 Å². The van der Waals surface area contributed by atoms with Crippen LogP contribution in [-0.2, 0) is 10.8 Å². The van der Waals surface area contributed by atoms with Gasteiger partial charge in [-0.2, -0.15) is 0 Å². The van der Waals surface area contributed by atoms with Gasteiger partial charge in [0.25, 0.3) is 0 Å². The van der Waals surface area contributed by atoms with Crippen LogP contribution in [0.3, 0.4) is 0 Å². The third kappa shape index (κ3) is 5.96. The molecule has 1 heterocycles. The SMILES string of the molecule is CC(C)(C)c1cc(N(c2cccc(-c3ccccc3)c2)c2cccc(-c3ccccn3)c2)cc(C(C)(C)C)c1. The third-order valence-electron chi connectivity index (χ3n) is 7.18. The molecule has 0 aliphatic heterocycles. The van der Waals surface area contributed by atoms with E-state index in [2.05, 4.69) is 155 Å². The predicted molar refractivity (Wildman–Crippen MR) is 167 cm³/mol. The first-order valence-corrected chi connectivity index (χ1v) is 13.7. The smallest absolute Gasteiger partial charge is 0.0702 e. The maximum atomic E-state index is 4.62. The Balaban J connectivity index is 1.75. The minimum Gasteiger partial charge on any atom is -0.310 e. The van der Waals surface area contributed by atoms with Gasteiger partial charge in [0.15, 0.2) is 0 Å². The lowest BCUT2D eigenvalue weighted by Gasteiger charge is -2.31. The monoisotopic (exact) mass is 510 g/mol. The Morgan fingerprint density at radius 1 is 0.462 bits per heavy atom. The molecule has 0 radical (unpaired) electrons. The predicted octanol–water partition coefficient (Wildman–Crippen LogP) is 10.5. The number of benzene rings is 4. The molecule has 0 aliphatic rings. The van der Waals surface area contributed by atoms with Crippen molar-refractivity contribution in [2.24, 2.45) is 0 Å². The Kier molecular flexibility index (Phi) is 7.14. The highest BCUT2D eigenvalue weighted by Crippen LogP contribution is 2.41. The molecule has 196 valence electrons. The summed E-state index contributed by atoms with van der Waals surface area (Å²) in [4.78, 5) is 7.02. The minimum absolute atomic E-state index is 0.0172. The van der Waals surface area contributed by atoms with Crippen LogP contribution in [-0.4, -0.2) is 4.98 Å². The van der Waals surface area contributed by atoms with E-state index < -0.39 is 0 Å². The molecule has 0 atom stereocenters. The molecule has 0 saturated carbocycles. The molecule has 0 unspecified atom stereocenters. The number of nitrogens with zero attached hydrogens (tertiary/aromatic N) is 2. The second-order valence-electron chi connectivity index (χ2n) is 12.3. The van der Waals surface area contributed by atoms with Gasteiger partial charge in [0, 0.05) is 28.8 Å². The summed E-state index contributed by atoms with van der Waals surface area (Å²) < 4.78 is 0.